The largest absolute Gasteiger partial charge is 0.377 e. The molecule has 0 spiro atoms. The zero-order chi connectivity index (χ0) is 15.8. The molecule has 0 radical (unpaired) electrons. The van der Waals surface area contributed by atoms with Crippen LogP contribution in [0, 0.1) is 0 Å². The van der Waals surface area contributed by atoms with Crippen molar-refractivity contribution in [2.45, 2.75) is 72.6 Å². The minimum Gasteiger partial charge on any atom is -0.377 e. The van der Waals surface area contributed by atoms with E-state index in [0.29, 0.717) is 0 Å². The molecule has 5 heteroatoms. The van der Waals surface area contributed by atoms with E-state index in [2.05, 4.69) is 38.1 Å². The molecule has 122 valence electrons. The van der Waals surface area contributed by atoms with Crippen LogP contribution in [0.25, 0.3) is 0 Å². The van der Waals surface area contributed by atoms with Crippen molar-refractivity contribution in [2.24, 2.45) is 0 Å². The first kappa shape index (κ1) is 18.5. The fourth-order valence-electron chi connectivity index (χ4n) is 2.53. The van der Waals surface area contributed by atoms with Crippen molar-refractivity contribution in [3.8, 4) is 0 Å². The molecule has 0 aliphatic rings. The molecule has 1 rings (SSSR count). The predicted octanol–water partition coefficient (Wildman–Crippen LogP) is 3.45. The van der Waals surface area contributed by atoms with Crippen LogP contribution in [0.3, 0.4) is 0 Å². The number of aryl methyl sites for hydroxylation is 2. The van der Waals surface area contributed by atoms with Crippen molar-refractivity contribution in [1.82, 2.24) is 15.1 Å². The first-order valence-corrected chi connectivity index (χ1v) is 8.55. The molecule has 1 aromatic heterocycles. The molecule has 1 heterocycles. The van der Waals surface area contributed by atoms with E-state index in [9.17, 15) is 0 Å². The Hall–Kier alpha value is -0.580. The fourth-order valence-corrected chi connectivity index (χ4v) is 2.88. The van der Waals surface area contributed by atoms with E-state index >= 15 is 0 Å². The fraction of sp³-hybridized carbons (Fsp3) is 0.812. The molecule has 0 amide bonds. The lowest BCUT2D eigenvalue weighted by Crippen LogP contribution is -2.42. The van der Waals surface area contributed by atoms with Gasteiger partial charge in [-0.15, -0.1) is 0 Å². The van der Waals surface area contributed by atoms with Crippen molar-refractivity contribution in [1.29, 1.82) is 0 Å². The lowest BCUT2D eigenvalue weighted by atomic mass is 10.1. The van der Waals surface area contributed by atoms with Crippen molar-refractivity contribution in [2.75, 3.05) is 13.2 Å². The average Bonchev–Trinajstić information content (AvgIpc) is 2.79. The molecule has 0 bridgehead atoms. The third-order valence-corrected chi connectivity index (χ3v) is 4.20. The van der Waals surface area contributed by atoms with Crippen LogP contribution < -0.4 is 5.32 Å². The van der Waals surface area contributed by atoms with Crippen LogP contribution in [0.5, 0.6) is 0 Å². The lowest BCUT2D eigenvalue weighted by Gasteiger charge is -2.25. The molecule has 21 heavy (non-hydrogen) atoms. The maximum Gasteiger partial charge on any atom is 0.0850 e. The number of rotatable bonds is 10. The van der Waals surface area contributed by atoms with Crippen LogP contribution >= 0.6 is 11.6 Å². The summed E-state index contributed by atoms with van der Waals surface area (Å²) < 4.78 is 7.81. The minimum absolute atomic E-state index is 0.155. The van der Waals surface area contributed by atoms with E-state index in [4.69, 9.17) is 16.3 Å². The van der Waals surface area contributed by atoms with Crippen LogP contribution in [0.2, 0.25) is 5.02 Å². The van der Waals surface area contributed by atoms with Crippen LogP contribution in [0.15, 0.2) is 0 Å². The second kappa shape index (κ2) is 9.44. The molecule has 0 saturated carbocycles. The van der Waals surface area contributed by atoms with E-state index in [0.717, 1.165) is 55.4 Å². The highest BCUT2D eigenvalue weighted by atomic mass is 35.5. The summed E-state index contributed by atoms with van der Waals surface area (Å²) in [4.78, 5) is 0. The van der Waals surface area contributed by atoms with Gasteiger partial charge in [0, 0.05) is 25.6 Å². The highest BCUT2D eigenvalue weighted by Crippen LogP contribution is 2.23. The van der Waals surface area contributed by atoms with E-state index < -0.39 is 0 Å². The van der Waals surface area contributed by atoms with Crippen molar-refractivity contribution in [3.05, 3.63) is 16.4 Å². The number of hydrogen-bond donors (Lipinski definition) is 1. The lowest BCUT2D eigenvalue weighted by molar-refractivity contribution is 0.0471. The van der Waals surface area contributed by atoms with Crippen LogP contribution in [0.1, 0.15) is 52.4 Å². The van der Waals surface area contributed by atoms with Gasteiger partial charge in [0.2, 0.25) is 0 Å². The molecule has 0 saturated heterocycles. The Balaban J connectivity index is 2.93. The SMILES string of the molecule is CCCNC(Cc1c(Cl)c(CC)nn1CC)C(C)OCC. The first-order chi connectivity index (χ1) is 10.1. The third kappa shape index (κ3) is 4.97. The predicted molar refractivity (Wildman–Crippen MR) is 89.2 cm³/mol. The smallest absolute Gasteiger partial charge is 0.0850 e. The molecule has 2 unspecified atom stereocenters. The van der Waals surface area contributed by atoms with Gasteiger partial charge < -0.3 is 10.1 Å². The summed E-state index contributed by atoms with van der Waals surface area (Å²) in [6, 6.07) is 0.258. The Labute approximate surface area is 134 Å². The molecular formula is C16H30ClN3O. The van der Waals surface area contributed by atoms with Gasteiger partial charge in [-0.1, -0.05) is 25.4 Å². The van der Waals surface area contributed by atoms with Gasteiger partial charge in [0.05, 0.1) is 22.5 Å². The standard InChI is InChI=1S/C16H30ClN3O/c1-6-10-18-14(12(5)21-9-4)11-15-16(17)13(7-2)19-20(15)8-3/h12,14,18H,6-11H2,1-5H3. The molecule has 1 N–H and O–H groups in total. The summed E-state index contributed by atoms with van der Waals surface area (Å²) >= 11 is 6.52. The third-order valence-electron chi connectivity index (χ3n) is 3.76. The van der Waals surface area contributed by atoms with Crippen LogP contribution in [0.4, 0.5) is 0 Å². The quantitative estimate of drug-likeness (QED) is 0.718. The number of aromatic nitrogens is 2. The summed E-state index contributed by atoms with van der Waals surface area (Å²) in [6.07, 6.45) is 2.98. The Morgan fingerprint density at radius 3 is 2.52 bits per heavy atom. The second-order valence-corrected chi connectivity index (χ2v) is 5.68. The van der Waals surface area contributed by atoms with E-state index in [1.807, 2.05) is 11.6 Å². The topological polar surface area (TPSA) is 39.1 Å². The Morgan fingerprint density at radius 1 is 1.29 bits per heavy atom. The summed E-state index contributed by atoms with van der Waals surface area (Å²) in [5.41, 5.74) is 2.11. The average molecular weight is 316 g/mol. The highest BCUT2D eigenvalue weighted by molar-refractivity contribution is 6.31. The van der Waals surface area contributed by atoms with Crippen LogP contribution in [-0.2, 0) is 24.1 Å². The molecule has 2 atom stereocenters. The zero-order valence-corrected chi connectivity index (χ0v) is 14.8. The van der Waals surface area contributed by atoms with Crippen molar-refractivity contribution < 1.29 is 4.74 Å². The van der Waals surface area contributed by atoms with E-state index in [1.165, 1.54) is 0 Å². The molecule has 1 aromatic rings. The monoisotopic (exact) mass is 315 g/mol. The maximum absolute atomic E-state index is 6.52. The number of halogens is 1. The first-order valence-electron chi connectivity index (χ1n) is 8.17. The molecule has 0 fully saturated rings. The number of ether oxygens (including phenoxy) is 1. The van der Waals surface area contributed by atoms with Gasteiger partial charge in [-0.25, -0.2) is 0 Å². The molecule has 0 aromatic carbocycles. The van der Waals surface area contributed by atoms with Gasteiger partial charge in [-0.2, -0.15) is 5.10 Å². The highest BCUT2D eigenvalue weighted by Gasteiger charge is 2.22. The molecule has 4 nitrogen and oxygen atoms in total. The number of nitrogens with one attached hydrogen (secondary N) is 1. The van der Waals surface area contributed by atoms with Gasteiger partial charge in [0.25, 0.3) is 0 Å². The molecule has 0 aliphatic heterocycles. The zero-order valence-electron chi connectivity index (χ0n) is 14.1. The van der Waals surface area contributed by atoms with E-state index in [1.54, 1.807) is 0 Å². The van der Waals surface area contributed by atoms with Gasteiger partial charge in [0.1, 0.15) is 0 Å². The minimum atomic E-state index is 0.155. The summed E-state index contributed by atoms with van der Waals surface area (Å²) in [7, 11) is 0. The Morgan fingerprint density at radius 2 is 2.00 bits per heavy atom. The second-order valence-electron chi connectivity index (χ2n) is 5.30. The normalized spacial score (nSPS) is 14.4. The molecular weight excluding hydrogens is 286 g/mol. The number of hydrogen-bond acceptors (Lipinski definition) is 3. The van der Waals surface area contributed by atoms with E-state index in [-0.39, 0.29) is 12.1 Å². The van der Waals surface area contributed by atoms with Gasteiger partial charge in [0.15, 0.2) is 0 Å². The van der Waals surface area contributed by atoms with Crippen LogP contribution in [-0.4, -0.2) is 35.1 Å². The van der Waals surface area contributed by atoms with Gasteiger partial charge in [-0.05, 0) is 40.2 Å². The summed E-state index contributed by atoms with van der Waals surface area (Å²) in [6.45, 7) is 13.1. The Bertz CT molecular complexity index is 420. The molecule has 0 aliphatic carbocycles. The number of nitrogens with zero attached hydrogens (tertiary/aromatic N) is 2. The summed E-state index contributed by atoms with van der Waals surface area (Å²) in [5.74, 6) is 0. The van der Waals surface area contributed by atoms with Crippen molar-refractivity contribution in [3.63, 3.8) is 0 Å². The Kier molecular flexibility index (Phi) is 8.30. The maximum atomic E-state index is 6.52. The summed E-state index contributed by atoms with van der Waals surface area (Å²) in [5, 5.41) is 9.01. The van der Waals surface area contributed by atoms with Crippen molar-refractivity contribution >= 4 is 11.6 Å². The van der Waals surface area contributed by atoms with Gasteiger partial charge in [-0.3, -0.25) is 4.68 Å². The van der Waals surface area contributed by atoms with Gasteiger partial charge >= 0.3 is 0 Å².